The van der Waals surface area contributed by atoms with Crippen molar-refractivity contribution in [3.8, 4) is 5.75 Å². The lowest BCUT2D eigenvalue weighted by molar-refractivity contribution is -0.305. The first-order valence-electron chi connectivity index (χ1n) is 6.16. The third-order valence-electron chi connectivity index (χ3n) is 2.64. The Morgan fingerprint density at radius 1 is 1.21 bits per heavy atom. The van der Waals surface area contributed by atoms with Crippen LogP contribution in [0.25, 0.3) is 0 Å². The van der Waals surface area contributed by atoms with Crippen molar-refractivity contribution in [1.29, 1.82) is 0 Å². The van der Waals surface area contributed by atoms with Gasteiger partial charge in [0.15, 0.2) is 0 Å². The molecule has 0 heterocycles. The second-order valence-corrected chi connectivity index (χ2v) is 4.29. The largest absolute Gasteiger partial charge is 0.550 e. The fourth-order valence-corrected chi connectivity index (χ4v) is 1.67. The summed E-state index contributed by atoms with van der Waals surface area (Å²) >= 11 is 0. The number of carbonyl (C=O) groups excluding carboxylic acids is 2. The summed E-state index contributed by atoms with van der Waals surface area (Å²) < 4.78 is 5.60. The highest BCUT2D eigenvalue weighted by atomic mass is 16.5. The number of carboxylic acids is 1. The number of hydrogen-bond donors (Lipinski definition) is 1. The SMILES string of the molecule is Cc1cccc(C)c1OCCNC(=O)CCC(=O)[O-]. The second-order valence-electron chi connectivity index (χ2n) is 4.29. The molecule has 0 fully saturated rings. The maximum Gasteiger partial charge on any atom is 0.220 e. The minimum atomic E-state index is -1.22. The van der Waals surface area contributed by atoms with Gasteiger partial charge in [-0.1, -0.05) is 18.2 Å². The Morgan fingerprint density at radius 3 is 2.42 bits per heavy atom. The number of aryl methyl sites for hydroxylation is 2. The molecule has 0 aliphatic rings. The molecule has 104 valence electrons. The molecule has 0 radical (unpaired) electrons. The van der Waals surface area contributed by atoms with Gasteiger partial charge >= 0.3 is 0 Å². The number of aliphatic carboxylic acids is 1. The molecule has 1 amide bonds. The van der Waals surface area contributed by atoms with E-state index in [9.17, 15) is 14.7 Å². The molecule has 19 heavy (non-hydrogen) atoms. The molecule has 0 atom stereocenters. The zero-order valence-corrected chi connectivity index (χ0v) is 11.2. The van der Waals surface area contributed by atoms with Crippen molar-refractivity contribution in [1.82, 2.24) is 5.32 Å². The van der Waals surface area contributed by atoms with Crippen molar-refractivity contribution >= 4 is 11.9 Å². The molecule has 1 aromatic carbocycles. The summed E-state index contributed by atoms with van der Waals surface area (Å²) in [7, 11) is 0. The molecule has 0 saturated heterocycles. The van der Waals surface area contributed by atoms with E-state index in [4.69, 9.17) is 4.74 Å². The Morgan fingerprint density at radius 2 is 1.84 bits per heavy atom. The molecule has 0 aliphatic heterocycles. The monoisotopic (exact) mass is 264 g/mol. The Kier molecular flexibility index (Phi) is 5.85. The van der Waals surface area contributed by atoms with E-state index in [1.807, 2.05) is 32.0 Å². The van der Waals surface area contributed by atoms with Crippen LogP contribution in [0.3, 0.4) is 0 Å². The van der Waals surface area contributed by atoms with Crippen LogP contribution in [-0.2, 0) is 9.59 Å². The number of rotatable bonds is 7. The number of ether oxygens (including phenoxy) is 1. The number of hydrogen-bond acceptors (Lipinski definition) is 4. The van der Waals surface area contributed by atoms with Crippen molar-refractivity contribution in [3.63, 3.8) is 0 Å². The normalized spacial score (nSPS) is 10.0. The summed E-state index contributed by atoms with van der Waals surface area (Å²) in [5.74, 6) is -0.706. The van der Waals surface area contributed by atoms with Gasteiger partial charge in [-0.25, -0.2) is 0 Å². The zero-order chi connectivity index (χ0) is 14.3. The topological polar surface area (TPSA) is 78.5 Å². The zero-order valence-electron chi connectivity index (χ0n) is 11.2. The van der Waals surface area contributed by atoms with E-state index in [-0.39, 0.29) is 18.7 Å². The van der Waals surface area contributed by atoms with Crippen LogP contribution >= 0.6 is 0 Å². The van der Waals surface area contributed by atoms with E-state index in [0.29, 0.717) is 13.2 Å². The lowest BCUT2D eigenvalue weighted by atomic mass is 10.1. The van der Waals surface area contributed by atoms with Crippen molar-refractivity contribution in [2.45, 2.75) is 26.7 Å². The molecule has 5 heteroatoms. The van der Waals surface area contributed by atoms with Crippen molar-refractivity contribution < 1.29 is 19.4 Å². The van der Waals surface area contributed by atoms with Crippen LogP contribution in [0, 0.1) is 13.8 Å². The highest BCUT2D eigenvalue weighted by molar-refractivity contribution is 5.79. The number of nitrogens with one attached hydrogen (secondary N) is 1. The lowest BCUT2D eigenvalue weighted by Crippen LogP contribution is -2.30. The smallest absolute Gasteiger partial charge is 0.220 e. The van der Waals surface area contributed by atoms with Crippen LogP contribution in [0.1, 0.15) is 24.0 Å². The molecule has 0 spiro atoms. The molecule has 5 nitrogen and oxygen atoms in total. The maximum absolute atomic E-state index is 11.2. The highest BCUT2D eigenvalue weighted by Crippen LogP contribution is 2.21. The summed E-state index contributed by atoms with van der Waals surface area (Å²) in [4.78, 5) is 21.4. The van der Waals surface area contributed by atoms with Crippen LogP contribution in [-0.4, -0.2) is 25.0 Å². The maximum atomic E-state index is 11.2. The minimum absolute atomic E-state index is 0.0638. The summed E-state index contributed by atoms with van der Waals surface area (Å²) in [5.41, 5.74) is 2.09. The standard InChI is InChI=1S/C14H19NO4/c1-10-4-3-5-11(2)14(10)19-9-8-15-12(16)6-7-13(17)18/h3-5H,6-9H2,1-2H3,(H,15,16)(H,17,18)/p-1. The average Bonchev–Trinajstić information content (AvgIpc) is 2.35. The Labute approximate surface area is 112 Å². The summed E-state index contributed by atoms with van der Waals surface area (Å²) in [6, 6.07) is 5.88. The fourth-order valence-electron chi connectivity index (χ4n) is 1.67. The Bertz CT molecular complexity index is 437. The van der Waals surface area contributed by atoms with Gasteiger partial charge < -0.3 is 20.0 Å². The summed E-state index contributed by atoms with van der Waals surface area (Å²) in [6.07, 6.45) is -0.324. The van der Waals surface area contributed by atoms with E-state index in [2.05, 4.69) is 5.32 Å². The van der Waals surface area contributed by atoms with Gasteiger partial charge in [-0.2, -0.15) is 0 Å². The number of benzene rings is 1. The van der Waals surface area contributed by atoms with Gasteiger partial charge in [0.05, 0.1) is 6.54 Å². The van der Waals surface area contributed by atoms with E-state index < -0.39 is 5.97 Å². The summed E-state index contributed by atoms with van der Waals surface area (Å²) in [5, 5.41) is 12.8. The molecule has 1 aromatic rings. The fraction of sp³-hybridized carbons (Fsp3) is 0.429. The quantitative estimate of drug-likeness (QED) is 0.720. The van der Waals surface area contributed by atoms with Crippen molar-refractivity contribution in [2.75, 3.05) is 13.2 Å². The number of para-hydroxylation sites is 1. The van der Waals surface area contributed by atoms with Crippen LogP contribution in [0.2, 0.25) is 0 Å². The van der Waals surface area contributed by atoms with Gasteiger partial charge in [0.1, 0.15) is 12.4 Å². The van der Waals surface area contributed by atoms with Crippen LogP contribution in [0.5, 0.6) is 5.75 Å². The van der Waals surface area contributed by atoms with Gasteiger partial charge in [0, 0.05) is 12.4 Å². The van der Waals surface area contributed by atoms with Gasteiger partial charge in [-0.15, -0.1) is 0 Å². The molecule has 0 bridgehead atoms. The predicted molar refractivity (Wildman–Crippen MR) is 68.7 cm³/mol. The molecule has 0 unspecified atom stereocenters. The van der Waals surface area contributed by atoms with Gasteiger partial charge in [-0.05, 0) is 31.4 Å². The van der Waals surface area contributed by atoms with E-state index >= 15 is 0 Å². The minimum Gasteiger partial charge on any atom is -0.550 e. The summed E-state index contributed by atoms with van der Waals surface area (Å²) in [6.45, 7) is 4.62. The van der Waals surface area contributed by atoms with Gasteiger partial charge in [-0.3, -0.25) is 4.79 Å². The first-order valence-corrected chi connectivity index (χ1v) is 6.16. The van der Waals surface area contributed by atoms with Crippen molar-refractivity contribution in [2.24, 2.45) is 0 Å². The molecule has 1 N–H and O–H groups in total. The van der Waals surface area contributed by atoms with E-state index in [1.165, 1.54) is 0 Å². The third kappa shape index (κ3) is 5.42. The lowest BCUT2D eigenvalue weighted by Gasteiger charge is -2.12. The number of amides is 1. The second kappa shape index (κ2) is 7.41. The molecule has 0 aromatic heterocycles. The van der Waals surface area contributed by atoms with Crippen LogP contribution in [0.4, 0.5) is 0 Å². The van der Waals surface area contributed by atoms with E-state index in [1.54, 1.807) is 0 Å². The first-order chi connectivity index (χ1) is 9.00. The Balaban J connectivity index is 2.27. The molecular formula is C14H18NO4-. The van der Waals surface area contributed by atoms with Crippen LogP contribution in [0.15, 0.2) is 18.2 Å². The average molecular weight is 264 g/mol. The number of carboxylic acid groups (broad SMARTS) is 1. The molecule has 0 saturated carbocycles. The molecule has 0 aliphatic carbocycles. The number of carbonyl (C=O) groups is 2. The van der Waals surface area contributed by atoms with Gasteiger partial charge in [0.2, 0.25) is 5.91 Å². The van der Waals surface area contributed by atoms with E-state index in [0.717, 1.165) is 16.9 Å². The van der Waals surface area contributed by atoms with Crippen molar-refractivity contribution in [3.05, 3.63) is 29.3 Å². The first kappa shape index (κ1) is 15.0. The predicted octanol–water partition coefficient (Wildman–Crippen LogP) is 0.329. The van der Waals surface area contributed by atoms with Gasteiger partial charge in [0.25, 0.3) is 0 Å². The third-order valence-corrected chi connectivity index (χ3v) is 2.64. The molecular weight excluding hydrogens is 246 g/mol. The Hall–Kier alpha value is -2.04. The van der Waals surface area contributed by atoms with Crippen LogP contribution < -0.4 is 15.2 Å². The molecule has 1 rings (SSSR count). The highest BCUT2D eigenvalue weighted by Gasteiger charge is 2.04.